The molecule has 0 saturated heterocycles. The SMILES string of the molecule is C=CCn1c(SCc2nnc(C)o2)nnc1-c1ccc(F)cc1. The molecule has 0 aliphatic heterocycles. The molecule has 0 spiro atoms. The summed E-state index contributed by atoms with van der Waals surface area (Å²) in [7, 11) is 0. The number of nitrogens with zero attached hydrogens (tertiary/aromatic N) is 5. The summed E-state index contributed by atoms with van der Waals surface area (Å²) < 4.78 is 20.3. The summed E-state index contributed by atoms with van der Waals surface area (Å²) in [6.07, 6.45) is 1.76. The Morgan fingerprint density at radius 3 is 2.65 bits per heavy atom. The molecule has 118 valence electrons. The predicted octanol–water partition coefficient (Wildman–Crippen LogP) is 3.25. The molecule has 6 nitrogen and oxygen atoms in total. The lowest BCUT2D eigenvalue weighted by atomic mass is 10.2. The van der Waals surface area contributed by atoms with Gasteiger partial charge in [0.05, 0.1) is 5.75 Å². The Morgan fingerprint density at radius 1 is 1.22 bits per heavy atom. The second kappa shape index (κ2) is 6.74. The quantitative estimate of drug-likeness (QED) is 0.510. The van der Waals surface area contributed by atoms with Crippen molar-refractivity contribution in [3.05, 3.63) is 54.5 Å². The number of hydrogen-bond donors (Lipinski definition) is 0. The zero-order valence-electron chi connectivity index (χ0n) is 12.4. The Hall–Kier alpha value is -2.48. The van der Waals surface area contributed by atoms with E-state index >= 15 is 0 Å². The van der Waals surface area contributed by atoms with Crippen LogP contribution in [0.15, 0.2) is 46.5 Å². The van der Waals surface area contributed by atoms with Crippen molar-refractivity contribution >= 4 is 11.8 Å². The van der Waals surface area contributed by atoms with Gasteiger partial charge in [-0.25, -0.2) is 4.39 Å². The van der Waals surface area contributed by atoms with Gasteiger partial charge < -0.3 is 4.42 Å². The van der Waals surface area contributed by atoms with Gasteiger partial charge in [0.1, 0.15) is 5.82 Å². The topological polar surface area (TPSA) is 69.6 Å². The molecule has 0 aliphatic rings. The number of thioether (sulfide) groups is 1. The first-order valence-corrected chi connectivity index (χ1v) is 7.87. The fraction of sp³-hybridized carbons (Fsp3) is 0.200. The summed E-state index contributed by atoms with van der Waals surface area (Å²) >= 11 is 1.44. The number of aromatic nitrogens is 5. The Labute approximate surface area is 136 Å². The molecule has 0 radical (unpaired) electrons. The molecule has 0 unspecified atom stereocenters. The van der Waals surface area contributed by atoms with Crippen LogP contribution in [-0.4, -0.2) is 25.0 Å². The van der Waals surface area contributed by atoms with E-state index < -0.39 is 0 Å². The van der Waals surface area contributed by atoms with E-state index in [0.29, 0.717) is 35.1 Å². The van der Waals surface area contributed by atoms with Crippen LogP contribution in [0.2, 0.25) is 0 Å². The van der Waals surface area contributed by atoms with E-state index in [1.165, 1.54) is 23.9 Å². The van der Waals surface area contributed by atoms with Crippen molar-refractivity contribution in [2.45, 2.75) is 24.4 Å². The van der Waals surface area contributed by atoms with Gasteiger partial charge in [-0.05, 0) is 24.3 Å². The van der Waals surface area contributed by atoms with Gasteiger partial charge in [0.25, 0.3) is 0 Å². The summed E-state index contributed by atoms with van der Waals surface area (Å²) in [5, 5.41) is 16.9. The van der Waals surface area contributed by atoms with Crippen LogP contribution in [0.5, 0.6) is 0 Å². The van der Waals surface area contributed by atoms with Crippen molar-refractivity contribution in [1.82, 2.24) is 25.0 Å². The highest BCUT2D eigenvalue weighted by Crippen LogP contribution is 2.26. The molecule has 23 heavy (non-hydrogen) atoms. The molecule has 0 N–H and O–H groups in total. The molecule has 0 fully saturated rings. The molecule has 0 atom stereocenters. The molecule has 8 heteroatoms. The van der Waals surface area contributed by atoms with Gasteiger partial charge in [-0.2, -0.15) is 0 Å². The average Bonchev–Trinajstić information content (AvgIpc) is 3.13. The monoisotopic (exact) mass is 331 g/mol. The van der Waals surface area contributed by atoms with Crippen LogP contribution in [-0.2, 0) is 12.3 Å². The predicted molar refractivity (Wildman–Crippen MR) is 84.2 cm³/mol. The van der Waals surface area contributed by atoms with Gasteiger partial charge in [0, 0.05) is 19.0 Å². The summed E-state index contributed by atoms with van der Waals surface area (Å²) in [5.74, 6) is 1.93. The standard InChI is InChI=1S/C15H14FN5OS/c1-3-8-21-14(11-4-6-12(16)7-5-11)19-20-15(21)23-9-13-18-17-10(2)22-13/h3-7H,1,8-9H2,2H3. The molecule has 0 aliphatic carbocycles. The van der Waals surface area contributed by atoms with E-state index in [1.54, 1.807) is 25.1 Å². The van der Waals surface area contributed by atoms with Crippen LogP contribution in [0.4, 0.5) is 4.39 Å². The Kier molecular flexibility index (Phi) is 4.52. The minimum absolute atomic E-state index is 0.287. The molecule has 2 heterocycles. The van der Waals surface area contributed by atoms with Gasteiger partial charge in [-0.1, -0.05) is 17.8 Å². The Morgan fingerprint density at radius 2 is 2.00 bits per heavy atom. The molecule has 0 amide bonds. The van der Waals surface area contributed by atoms with Crippen LogP contribution in [0.25, 0.3) is 11.4 Å². The van der Waals surface area contributed by atoms with Crippen molar-refractivity contribution in [2.75, 3.05) is 0 Å². The molecular weight excluding hydrogens is 317 g/mol. The third kappa shape index (κ3) is 3.48. The molecule has 1 aromatic carbocycles. The van der Waals surface area contributed by atoms with Crippen molar-refractivity contribution in [2.24, 2.45) is 0 Å². The summed E-state index contributed by atoms with van der Waals surface area (Å²) in [6.45, 7) is 6.05. The first-order valence-electron chi connectivity index (χ1n) is 6.89. The maximum atomic E-state index is 13.1. The number of allylic oxidation sites excluding steroid dienone is 1. The number of benzene rings is 1. The van der Waals surface area contributed by atoms with E-state index in [2.05, 4.69) is 27.0 Å². The van der Waals surface area contributed by atoms with E-state index in [1.807, 2.05) is 4.57 Å². The molecule has 0 bridgehead atoms. The average molecular weight is 331 g/mol. The van der Waals surface area contributed by atoms with Crippen LogP contribution < -0.4 is 0 Å². The van der Waals surface area contributed by atoms with Crippen LogP contribution in [0, 0.1) is 12.7 Å². The number of hydrogen-bond acceptors (Lipinski definition) is 6. The lowest BCUT2D eigenvalue weighted by molar-refractivity contribution is 0.485. The van der Waals surface area contributed by atoms with E-state index in [-0.39, 0.29) is 5.82 Å². The summed E-state index contributed by atoms with van der Waals surface area (Å²) in [5.41, 5.74) is 0.793. The molecular formula is C15H14FN5OS. The van der Waals surface area contributed by atoms with Crippen molar-refractivity contribution in [3.8, 4) is 11.4 Å². The highest BCUT2D eigenvalue weighted by molar-refractivity contribution is 7.98. The normalized spacial score (nSPS) is 10.9. The summed E-state index contributed by atoms with van der Waals surface area (Å²) in [6, 6.07) is 6.15. The van der Waals surface area contributed by atoms with Crippen LogP contribution in [0.1, 0.15) is 11.8 Å². The lowest BCUT2D eigenvalue weighted by Crippen LogP contribution is -2.00. The minimum Gasteiger partial charge on any atom is -0.425 e. The largest absolute Gasteiger partial charge is 0.425 e. The number of halogens is 1. The smallest absolute Gasteiger partial charge is 0.226 e. The fourth-order valence-corrected chi connectivity index (χ4v) is 2.81. The van der Waals surface area contributed by atoms with E-state index in [4.69, 9.17) is 4.42 Å². The van der Waals surface area contributed by atoms with Crippen molar-refractivity contribution in [1.29, 1.82) is 0 Å². The number of rotatable bonds is 6. The maximum Gasteiger partial charge on any atom is 0.226 e. The molecule has 3 aromatic rings. The number of aryl methyl sites for hydroxylation is 1. The highest BCUT2D eigenvalue weighted by Gasteiger charge is 2.15. The fourth-order valence-electron chi connectivity index (χ4n) is 2.02. The second-order valence-electron chi connectivity index (χ2n) is 4.72. The van der Waals surface area contributed by atoms with Gasteiger partial charge in [-0.15, -0.1) is 27.0 Å². The van der Waals surface area contributed by atoms with Gasteiger partial charge in [-0.3, -0.25) is 4.57 Å². The molecule has 3 rings (SSSR count). The van der Waals surface area contributed by atoms with Gasteiger partial charge >= 0.3 is 0 Å². The van der Waals surface area contributed by atoms with E-state index in [9.17, 15) is 4.39 Å². The van der Waals surface area contributed by atoms with Crippen LogP contribution >= 0.6 is 11.8 Å². The first kappa shape index (κ1) is 15.4. The summed E-state index contributed by atoms with van der Waals surface area (Å²) in [4.78, 5) is 0. The van der Waals surface area contributed by atoms with Crippen LogP contribution in [0.3, 0.4) is 0 Å². The van der Waals surface area contributed by atoms with E-state index in [0.717, 1.165) is 5.56 Å². The van der Waals surface area contributed by atoms with Gasteiger partial charge in [0.15, 0.2) is 11.0 Å². The van der Waals surface area contributed by atoms with Gasteiger partial charge in [0.2, 0.25) is 11.8 Å². The lowest BCUT2D eigenvalue weighted by Gasteiger charge is -2.07. The van der Waals surface area contributed by atoms with Crippen molar-refractivity contribution in [3.63, 3.8) is 0 Å². The second-order valence-corrected chi connectivity index (χ2v) is 5.66. The Bertz CT molecular complexity index is 812. The maximum absolute atomic E-state index is 13.1. The molecule has 2 aromatic heterocycles. The van der Waals surface area contributed by atoms with Crippen molar-refractivity contribution < 1.29 is 8.81 Å². The zero-order chi connectivity index (χ0) is 16.2. The Balaban J connectivity index is 1.85. The third-order valence-electron chi connectivity index (χ3n) is 3.02. The third-order valence-corrected chi connectivity index (χ3v) is 3.98. The minimum atomic E-state index is -0.287. The highest BCUT2D eigenvalue weighted by atomic mass is 32.2. The molecule has 0 saturated carbocycles. The first-order chi connectivity index (χ1) is 11.2. The zero-order valence-corrected chi connectivity index (χ0v) is 13.3.